The van der Waals surface area contributed by atoms with E-state index in [1.165, 1.54) is 4.31 Å². The first-order valence-corrected chi connectivity index (χ1v) is 13.6. The van der Waals surface area contributed by atoms with E-state index in [2.05, 4.69) is 5.10 Å². The molecular weight excluding hydrogens is 482 g/mol. The Kier molecular flexibility index (Phi) is 8.17. The van der Waals surface area contributed by atoms with Gasteiger partial charge in [-0.1, -0.05) is 23.7 Å². The second-order valence-electron chi connectivity index (χ2n) is 8.96. The highest BCUT2D eigenvalue weighted by molar-refractivity contribution is 7.89. The number of rotatable bonds is 11. The van der Waals surface area contributed by atoms with Crippen LogP contribution in [0.25, 0.3) is 0 Å². The maximum atomic E-state index is 13.3. The minimum absolute atomic E-state index is 0.0682. The summed E-state index contributed by atoms with van der Waals surface area (Å²) >= 11 is 0. The molecule has 192 valence electrons. The summed E-state index contributed by atoms with van der Waals surface area (Å²) in [5.74, 6) is -0.333. The van der Waals surface area contributed by atoms with Gasteiger partial charge in [0.1, 0.15) is 11.5 Å². The van der Waals surface area contributed by atoms with E-state index in [0.29, 0.717) is 44.4 Å². The number of nitrogens with zero attached hydrogens (tertiary/aromatic N) is 3. The van der Waals surface area contributed by atoms with E-state index >= 15 is 0 Å². The van der Waals surface area contributed by atoms with E-state index in [4.69, 9.17) is 9.47 Å². The predicted octanol–water partition coefficient (Wildman–Crippen LogP) is 3.36. The number of hydrazone groups is 1. The lowest BCUT2D eigenvalue weighted by Gasteiger charge is -2.16. The molecule has 1 fully saturated rings. The van der Waals surface area contributed by atoms with Crippen molar-refractivity contribution in [1.29, 1.82) is 0 Å². The van der Waals surface area contributed by atoms with Crippen molar-refractivity contribution in [1.82, 2.24) is 4.31 Å². The maximum Gasteiger partial charge on any atom is 0.309 e. The van der Waals surface area contributed by atoms with Crippen molar-refractivity contribution >= 4 is 33.6 Å². The van der Waals surface area contributed by atoms with Crippen LogP contribution < -0.4 is 4.74 Å². The molecule has 1 N–H and O–H groups in total. The summed E-state index contributed by atoms with van der Waals surface area (Å²) in [4.78, 5) is 11.5. The molecule has 4 rings (SSSR count). The molecule has 2 aromatic carbocycles. The second-order valence-corrected chi connectivity index (χ2v) is 10.9. The van der Waals surface area contributed by atoms with Gasteiger partial charge in [-0.3, -0.25) is 4.79 Å². The van der Waals surface area contributed by atoms with Crippen molar-refractivity contribution in [2.75, 3.05) is 32.9 Å². The van der Waals surface area contributed by atoms with Crippen molar-refractivity contribution in [2.45, 2.75) is 31.6 Å². The Labute approximate surface area is 211 Å². The molecule has 0 aliphatic carbocycles. The van der Waals surface area contributed by atoms with Crippen LogP contribution in [0.15, 0.2) is 58.5 Å². The van der Waals surface area contributed by atoms with Gasteiger partial charge in [0.15, 0.2) is 6.21 Å². The molecule has 2 aliphatic heterocycles. The molecule has 0 amide bonds. The van der Waals surface area contributed by atoms with Crippen LogP contribution in [0.4, 0.5) is 5.69 Å². The van der Waals surface area contributed by atoms with E-state index < -0.39 is 16.0 Å². The summed E-state index contributed by atoms with van der Waals surface area (Å²) in [5, 5.41) is 13.8. The number of fused-ring (bicyclic) bond motifs is 1. The number of aliphatic carboxylic acids is 1. The number of para-hydroxylation sites is 1. The fraction of sp³-hybridized carbons (Fsp3) is 0.423. The molecule has 1 unspecified atom stereocenters. The van der Waals surface area contributed by atoms with Gasteiger partial charge in [0, 0.05) is 43.9 Å². The number of benzene rings is 2. The van der Waals surface area contributed by atoms with Gasteiger partial charge in [-0.25, -0.2) is 8.42 Å². The van der Waals surface area contributed by atoms with Gasteiger partial charge in [-0.2, -0.15) is 4.31 Å². The van der Waals surface area contributed by atoms with Gasteiger partial charge >= 0.3 is 5.97 Å². The van der Waals surface area contributed by atoms with Crippen LogP contribution in [0.1, 0.15) is 32.3 Å². The van der Waals surface area contributed by atoms with Crippen molar-refractivity contribution in [3.63, 3.8) is 0 Å². The third kappa shape index (κ3) is 5.83. The molecule has 0 aromatic heterocycles. The van der Waals surface area contributed by atoms with Gasteiger partial charge in [0.2, 0.25) is 15.7 Å². The first kappa shape index (κ1) is 26.0. The molecule has 2 aromatic rings. The van der Waals surface area contributed by atoms with Crippen LogP contribution in [0, 0.1) is 11.8 Å². The van der Waals surface area contributed by atoms with Gasteiger partial charge in [0.25, 0.3) is 0 Å². The Bertz CT molecular complexity index is 1260. The smallest absolute Gasteiger partial charge is 0.309 e. The predicted molar refractivity (Wildman–Crippen MR) is 136 cm³/mol. The number of carboxylic acids is 1. The van der Waals surface area contributed by atoms with Crippen LogP contribution in [0.2, 0.25) is 0 Å². The summed E-state index contributed by atoms with van der Waals surface area (Å²) in [7, 11) is -3.67. The van der Waals surface area contributed by atoms with Crippen LogP contribution in [-0.4, -0.2) is 73.3 Å². The van der Waals surface area contributed by atoms with Crippen molar-refractivity contribution < 1.29 is 32.5 Å². The maximum absolute atomic E-state index is 13.3. The fourth-order valence-corrected chi connectivity index (χ4v) is 5.99. The van der Waals surface area contributed by atoms with E-state index in [9.17, 15) is 18.3 Å². The fourth-order valence-electron chi connectivity index (χ4n) is 4.41. The van der Waals surface area contributed by atoms with Crippen molar-refractivity contribution in [3.05, 3.63) is 54.1 Å². The van der Waals surface area contributed by atoms with E-state index in [-0.39, 0.29) is 23.2 Å². The second kappa shape index (κ2) is 11.3. The zero-order chi connectivity index (χ0) is 25.7. The molecule has 9 nitrogen and oxygen atoms in total. The van der Waals surface area contributed by atoms with Crippen LogP contribution in [-0.2, 0) is 19.6 Å². The molecule has 1 saturated heterocycles. The van der Waals surface area contributed by atoms with Gasteiger partial charge in [-0.05, 0) is 43.2 Å². The monoisotopic (exact) mass is 514 g/mol. The first-order chi connectivity index (χ1) is 17.3. The molecule has 10 heteroatoms. The number of carbonyl (C=O) groups is 1. The van der Waals surface area contributed by atoms with Gasteiger partial charge in [-0.15, -0.1) is 0 Å². The molecular formula is C26H32N3O6S+. The summed E-state index contributed by atoms with van der Waals surface area (Å²) in [5.41, 5.74) is 2.08. The molecule has 0 bridgehead atoms. The number of sulfonamides is 1. The number of ether oxygens (including phenoxy) is 2. The SMILES string of the molecule is CCOCCCOc1ccc(S(=O)(=O)N2CC(/C=[N+]3\N=C(CC(=O)O)c4ccccc43)[C@H](C)C2)cc1. The highest BCUT2D eigenvalue weighted by Gasteiger charge is 2.40. The van der Waals surface area contributed by atoms with E-state index in [1.807, 2.05) is 44.3 Å². The third-order valence-corrected chi connectivity index (χ3v) is 8.19. The zero-order valence-electron chi connectivity index (χ0n) is 20.5. The van der Waals surface area contributed by atoms with Gasteiger partial charge < -0.3 is 14.6 Å². The van der Waals surface area contributed by atoms with Crippen molar-refractivity contribution in [3.8, 4) is 5.75 Å². The summed E-state index contributed by atoms with van der Waals surface area (Å²) in [6, 6.07) is 14.0. The average Bonchev–Trinajstić information content (AvgIpc) is 3.40. The topological polar surface area (TPSA) is 109 Å². The lowest BCUT2D eigenvalue weighted by atomic mass is 9.99. The summed E-state index contributed by atoms with van der Waals surface area (Å²) in [6.07, 6.45) is 2.50. The lowest BCUT2D eigenvalue weighted by molar-refractivity contribution is -0.438. The molecule has 2 atom stereocenters. The lowest BCUT2D eigenvalue weighted by Crippen LogP contribution is -2.29. The summed E-state index contributed by atoms with van der Waals surface area (Å²) < 4.78 is 40.8. The quantitative estimate of drug-likeness (QED) is 0.364. The Hall–Kier alpha value is -3.08. The number of carboxylic acid groups (broad SMARTS) is 1. The molecule has 0 spiro atoms. The summed E-state index contributed by atoms with van der Waals surface area (Å²) in [6.45, 7) is 6.47. The minimum Gasteiger partial charge on any atom is -0.494 e. The largest absolute Gasteiger partial charge is 0.494 e. The standard InChI is InChI=1S/C26H31N3O6S/c1-3-34-13-6-14-35-21-9-11-22(12-10-21)36(32,33)28-16-19(2)20(17-28)18-29-25-8-5-4-7-23(25)24(27-29)15-26(30)31/h4-5,7-12,18-20H,3,6,13-17H2,1-2H3/p+1/b29-18-/t19-,20?/m1/s1. The highest BCUT2D eigenvalue weighted by atomic mass is 32.2. The highest BCUT2D eigenvalue weighted by Crippen LogP contribution is 2.31. The number of hydrogen-bond donors (Lipinski definition) is 1. The molecule has 0 radical (unpaired) electrons. The van der Waals surface area contributed by atoms with Crippen LogP contribution in [0.5, 0.6) is 5.75 Å². The van der Waals surface area contributed by atoms with Gasteiger partial charge in [0.05, 0.1) is 29.4 Å². The van der Waals surface area contributed by atoms with Crippen molar-refractivity contribution in [2.24, 2.45) is 16.9 Å². The van der Waals surface area contributed by atoms with E-state index in [1.54, 1.807) is 28.9 Å². The normalized spacial score (nSPS) is 20.9. The third-order valence-electron chi connectivity index (χ3n) is 6.35. The van der Waals surface area contributed by atoms with Crippen LogP contribution >= 0.6 is 0 Å². The average molecular weight is 515 g/mol. The molecule has 0 saturated carbocycles. The Balaban J connectivity index is 1.45. The Morgan fingerprint density at radius 3 is 2.64 bits per heavy atom. The molecule has 36 heavy (non-hydrogen) atoms. The first-order valence-electron chi connectivity index (χ1n) is 12.1. The van der Waals surface area contributed by atoms with Crippen LogP contribution in [0.3, 0.4) is 0 Å². The minimum atomic E-state index is -3.67. The number of hydrogen-bond acceptors (Lipinski definition) is 6. The molecule has 2 heterocycles. The Morgan fingerprint density at radius 2 is 1.92 bits per heavy atom. The Morgan fingerprint density at radius 1 is 1.17 bits per heavy atom. The molecule has 2 aliphatic rings. The van der Waals surface area contributed by atoms with E-state index in [0.717, 1.165) is 17.7 Å². The zero-order valence-corrected chi connectivity index (χ0v) is 21.4.